The van der Waals surface area contributed by atoms with Gasteiger partial charge in [0, 0.05) is 12.0 Å². The highest BCUT2D eigenvalue weighted by Crippen LogP contribution is 2.11. The Morgan fingerprint density at radius 3 is 3.00 bits per heavy atom. The molecule has 1 aromatic rings. The fourth-order valence-electron chi connectivity index (χ4n) is 0.919. The van der Waals surface area contributed by atoms with Gasteiger partial charge in [0.25, 0.3) is 0 Å². The van der Waals surface area contributed by atoms with Crippen LogP contribution in [-0.4, -0.2) is 30.9 Å². The fraction of sp³-hybridized carbons (Fsp3) is 0.444. The molecular formula is C9H12O4S. The number of carboxylic acids is 1. The molecule has 0 fully saturated rings. The van der Waals surface area contributed by atoms with Crippen molar-refractivity contribution in [3.05, 3.63) is 22.4 Å². The molecule has 0 radical (unpaired) electrons. The van der Waals surface area contributed by atoms with E-state index in [1.165, 1.54) is 18.4 Å². The number of carbonyl (C=O) groups is 1. The van der Waals surface area contributed by atoms with Crippen molar-refractivity contribution >= 4 is 17.3 Å². The highest BCUT2D eigenvalue weighted by Gasteiger charge is 2.17. The summed E-state index contributed by atoms with van der Waals surface area (Å²) in [7, 11) is 1.45. The van der Waals surface area contributed by atoms with Crippen LogP contribution in [0.2, 0.25) is 0 Å². The van der Waals surface area contributed by atoms with Crippen molar-refractivity contribution in [1.29, 1.82) is 0 Å². The molecule has 5 heteroatoms. The second kappa shape index (κ2) is 5.74. The number of carboxylic acid groups (broad SMARTS) is 1. The van der Waals surface area contributed by atoms with Gasteiger partial charge in [-0.1, -0.05) is 6.07 Å². The Hall–Kier alpha value is -0.910. The molecule has 1 rings (SSSR count). The van der Waals surface area contributed by atoms with E-state index in [0.29, 0.717) is 6.61 Å². The van der Waals surface area contributed by atoms with E-state index in [-0.39, 0.29) is 6.61 Å². The Labute approximate surface area is 86.1 Å². The van der Waals surface area contributed by atoms with Gasteiger partial charge in [0.2, 0.25) is 0 Å². The van der Waals surface area contributed by atoms with Crippen LogP contribution >= 0.6 is 11.3 Å². The van der Waals surface area contributed by atoms with Crippen molar-refractivity contribution in [1.82, 2.24) is 0 Å². The van der Waals surface area contributed by atoms with Gasteiger partial charge in [-0.3, -0.25) is 0 Å². The zero-order valence-corrected chi connectivity index (χ0v) is 8.62. The maximum absolute atomic E-state index is 10.6. The van der Waals surface area contributed by atoms with Gasteiger partial charge in [0.05, 0.1) is 13.2 Å². The molecule has 0 saturated heterocycles. The molecule has 1 heterocycles. The van der Waals surface area contributed by atoms with E-state index in [9.17, 15) is 4.79 Å². The van der Waals surface area contributed by atoms with Crippen LogP contribution < -0.4 is 0 Å². The van der Waals surface area contributed by atoms with Gasteiger partial charge in [-0.15, -0.1) is 11.3 Å². The summed E-state index contributed by atoms with van der Waals surface area (Å²) in [5.74, 6) is -0.997. The predicted molar refractivity (Wildman–Crippen MR) is 52.4 cm³/mol. The van der Waals surface area contributed by atoms with Crippen LogP contribution in [0, 0.1) is 0 Å². The second-order valence-corrected chi connectivity index (χ2v) is 3.70. The molecule has 1 unspecified atom stereocenters. The zero-order valence-electron chi connectivity index (χ0n) is 7.80. The highest BCUT2D eigenvalue weighted by atomic mass is 32.1. The number of thiophene rings is 1. The first-order valence-corrected chi connectivity index (χ1v) is 4.97. The van der Waals surface area contributed by atoms with E-state index in [2.05, 4.69) is 0 Å². The molecule has 0 amide bonds. The SMILES string of the molecule is COCC(OCc1cccs1)C(=O)O. The minimum absolute atomic E-state index is 0.0701. The first kappa shape index (κ1) is 11.2. The quantitative estimate of drug-likeness (QED) is 0.780. The fourth-order valence-corrected chi connectivity index (χ4v) is 1.54. The zero-order chi connectivity index (χ0) is 10.4. The third kappa shape index (κ3) is 3.45. The topological polar surface area (TPSA) is 55.8 Å². The largest absolute Gasteiger partial charge is 0.479 e. The Morgan fingerprint density at radius 1 is 1.71 bits per heavy atom. The van der Waals surface area contributed by atoms with Crippen LogP contribution in [0.5, 0.6) is 0 Å². The van der Waals surface area contributed by atoms with Gasteiger partial charge in [0.1, 0.15) is 0 Å². The van der Waals surface area contributed by atoms with Crippen molar-refractivity contribution in [3.8, 4) is 0 Å². The summed E-state index contributed by atoms with van der Waals surface area (Å²) in [6, 6.07) is 3.80. The smallest absolute Gasteiger partial charge is 0.335 e. The van der Waals surface area contributed by atoms with E-state index in [1.807, 2.05) is 17.5 Å². The van der Waals surface area contributed by atoms with Crippen LogP contribution in [0.4, 0.5) is 0 Å². The number of hydrogen-bond donors (Lipinski definition) is 1. The van der Waals surface area contributed by atoms with Crippen LogP contribution in [0.1, 0.15) is 4.88 Å². The summed E-state index contributed by atoms with van der Waals surface area (Å²) < 4.78 is 9.91. The second-order valence-electron chi connectivity index (χ2n) is 2.67. The monoisotopic (exact) mass is 216 g/mol. The molecule has 14 heavy (non-hydrogen) atoms. The van der Waals surface area contributed by atoms with Crippen molar-refractivity contribution < 1.29 is 19.4 Å². The van der Waals surface area contributed by atoms with Crippen LogP contribution in [0.25, 0.3) is 0 Å². The number of methoxy groups -OCH3 is 1. The van der Waals surface area contributed by atoms with E-state index < -0.39 is 12.1 Å². The molecule has 0 aliphatic carbocycles. The molecule has 0 aliphatic heterocycles. The van der Waals surface area contributed by atoms with Crippen LogP contribution in [-0.2, 0) is 20.9 Å². The van der Waals surface area contributed by atoms with Gasteiger partial charge in [0.15, 0.2) is 6.10 Å². The van der Waals surface area contributed by atoms with Gasteiger partial charge in [-0.05, 0) is 11.4 Å². The molecule has 1 aromatic heterocycles. The molecule has 0 spiro atoms. The van der Waals surface area contributed by atoms with Crippen LogP contribution in [0.3, 0.4) is 0 Å². The lowest BCUT2D eigenvalue weighted by Gasteiger charge is -2.11. The molecule has 0 saturated carbocycles. The molecule has 78 valence electrons. The lowest BCUT2D eigenvalue weighted by Crippen LogP contribution is -2.28. The van der Waals surface area contributed by atoms with Gasteiger partial charge < -0.3 is 14.6 Å². The molecule has 1 N–H and O–H groups in total. The summed E-state index contributed by atoms with van der Waals surface area (Å²) in [4.78, 5) is 11.7. The van der Waals surface area contributed by atoms with Crippen molar-refractivity contribution in [2.75, 3.05) is 13.7 Å². The Kier molecular flexibility index (Phi) is 4.58. The van der Waals surface area contributed by atoms with E-state index >= 15 is 0 Å². The standard InChI is InChI=1S/C9H12O4S/c1-12-6-8(9(10)11)13-5-7-3-2-4-14-7/h2-4,8H,5-6H2,1H3,(H,10,11). The molecule has 0 aromatic carbocycles. The number of hydrogen-bond acceptors (Lipinski definition) is 4. The van der Waals surface area contributed by atoms with Crippen molar-refractivity contribution in [2.24, 2.45) is 0 Å². The van der Waals surface area contributed by atoms with Crippen molar-refractivity contribution in [2.45, 2.75) is 12.7 Å². The third-order valence-electron chi connectivity index (χ3n) is 1.60. The number of rotatable bonds is 6. The lowest BCUT2D eigenvalue weighted by molar-refractivity contribution is -0.154. The van der Waals surface area contributed by atoms with Gasteiger partial charge >= 0.3 is 5.97 Å². The summed E-state index contributed by atoms with van der Waals surface area (Å²) >= 11 is 1.54. The van der Waals surface area contributed by atoms with E-state index in [0.717, 1.165) is 4.88 Å². The normalized spacial score (nSPS) is 12.6. The highest BCUT2D eigenvalue weighted by molar-refractivity contribution is 7.09. The first-order valence-electron chi connectivity index (χ1n) is 4.09. The average Bonchev–Trinajstić information content (AvgIpc) is 2.64. The number of aliphatic carboxylic acids is 1. The molecule has 0 aliphatic rings. The van der Waals surface area contributed by atoms with Gasteiger partial charge in [-0.2, -0.15) is 0 Å². The van der Waals surface area contributed by atoms with E-state index in [1.54, 1.807) is 0 Å². The maximum atomic E-state index is 10.6. The van der Waals surface area contributed by atoms with E-state index in [4.69, 9.17) is 14.6 Å². The molecule has 0 bridgehead atoms. The summed E-state index contributed by atoms with van der Waals surface area (Å²) in [6.45, 7) is 0.388. The summed E-state index contributed by atoms with van der Waals surface area (Å²) in [5, 5.41) is 10.7. The minimum atomic E-state index is -0.997. The lowest BCUT2D eigenvalue weighted by atomic mass is 10.4. The Bertz CT molecular complexity index is 270. The maximum Gasteiger partial charge on any atom is 0.335 e. The predicted octanol–water partition coefficient (Wildman–Crippen LogP) is 1.36. The van der Waals surface area contributed by atoms with Crippen LogP contribution in [0.15, 0.2) is 17.5 Å². The molecule has 1 atom stereocenters. The Morgan fingerprint density at radius 2 is 2.50 bits per heavy atom. The summed E-state index contributed by atoms with van der Waals surface area (Å²) in [6.07, 6.45) is -0.887. The minimum Gasteiger partial charge on any atom is -0.479 e. The van der Waals surface area contributed by atoms with Gasteiger partial charge in [-0.25, -0.2) is 4.79 Å². The summed E-state index contributed by atoms with van der Waals surface area (Å²) in [5.41, 5.74) is 0. The Balaban J connectivity index is 2.37. The average molecular weight is 216 g/mol. The number of ether oxygens (including phenoxy) is 2. The first-order chi connectivity index (χ1) is 6.74. The molecule has 4 nitrogen and oxygen atoms in total. The van der Waals surface area contributed by atoms with Crippen molar-refractivity contribution in [3.63, 3.8) is 0 Å². The molecular weight excluding hydrogens is 204 g/mol. The third-order valence-corrected chi connectivity index (χ3v) is 2.45.